The van der Waals surface area contributed by atoms with Gasteiger partial charge in [-0.05, 0) is 31.0 Å². The van der Waals surface area contributed by atoms with Crippen molar-refractivity contribution in [2.24, 2.45) is 0 Å². The summed E-state index contributed by atoms with van der Waals surface area (Å²) in [6, 6.07) is 4.52. The van der Waals surface area contributed by atoms with Crippen molar-refractivity contribution in [1.82, 2.24) is 5.32 Å². The number of rotatable bonds is 3. The molecule has 1 aliphatic rings. The lowest BCUT2D eigenvalue weighted by Crippen LogP contribution is -2.34. The molecule has 3 nitrogen and oxygen atoms in total. The Bertz CT molecular complexity index is 440. The highest BCUT2D eigenvalue weighted by molar-refractivity contribution is 5.94. The zero-order valence-electron chi connectivity index (χ0n) is 11.2. The van der Waals surface area contributed by atoms with Crippen LogP contribution in [0.4, 0.5) is 4.39 Å². The van der Waals surface area contributed by atoms with Crippen molar-refractivity contribution < 1.29 is 13.9 Å². The molecular weight excluding hydrogens is 245 g/mol. The Labute approximate surface area is 113 Å². The zero-order valence-corrected chi connectivity index (χ0v) is 11.2. The number of carbonyl (C=O) groups is 1. The van der Waals surface area contributed by atoms with Crippen LogP contribution in [0, 0.1) is 5.82 Å². The van der Waals surface area contributed by atoms with E-state index in [0.29, 0.717) is 5.56 Å². The number of halogens is 1. The second-order valence-corrected chi connectivity index (χ2v) is 5.01. The van der Waals surface area contributed by atoms with Crippen molar-refractivity contribution in [3.8, 4) is 5.75 Å². The summed E-state index contributed by atoms with van der Waals surface area (Å²) in [5, 5.41) is 2.99. The topological polar surface area (TPSA) is 38.3 Å². The molecule has 1 aromatic rings. The van der Waals surface area contributed by atoms with E-state index < -0.39 is 5.82 Å². The second-order valence-electron chi connectivity index (χ2n) is 5.01. The lowest BCUT2D eigenvalue weighted by molar-refractivity contribution is 0.0933. The lowest BCUT2D eigenvalue weighted by atomic mass is 10.1. The van der Waals surface area contributed by atoms with Gasteiger partial charge in [-0.15, -0.1) is 0 Å². The van der Waals surface area contributed by atoms with E-state index in [0.717, 1.165) is 25.7 Å². The molecule has 2 rings (SSSR count). The summed E-state index contributed by atoms with van der Waals surface area (Å²) in [4.78, 5) is 12.1. The SMILES string of the molecule is COc1ccc(C(=O)NC2CCCCCC2)cc1F. The van der Waals surface area contributed by atoms with Gasteiger partial charge < -0.3 is 10.1 Å². The Morgan fingerprint density at radius 2 is 1.95 bits per heavy atom. The van der Waals surface area contributed by atoms with E-state index in [4.69, 9.17) is 4.74 Å². The molecule has 1 saturated carbocycles. The minimum Gasteiger partial charge on any atom is -0.494 e. The Morgan fingerprint density at radius 1 is 1.26 bits per heavy atom. The van der Waals surface area contributed by atoms with Crippen LogP contribution in [0.15, 0.2) is 18.2 Å². The van der Waals surface area contributed by atoms with E-state index in [9.17, 15) is 9.18 Å². The van der Waals surface area contributed by atoms with Gasteiger partial charge in [-0.2, -0.15) is 0 Å². The molecule has 1 fully saturated rings. The molecule has 0 aromatic heterocycles. The fraction of sp³-hybridized carbons (Fsp3) is 0.533. The van der Waals surface area contributed by atoms with Crippen molar-refractivity contribution in [2.45, 2.75) is 44.6 Å². The number of hydrogen-bond acceptors (Lipinski definition) is 2. The first kappa shape index (κ1) is 13.8. The summed E-state index contributed by atoms with van der Waals surface area (Å²) in [7, 11) is 1.41. The molecule has 0 aliphatic heterocycles. The molecule has 1 N–H and O–H groups in total. The maximum absolute atomic E-state index is 13.5. The van der Waals surface area contributed by atoms with Gasteiger partial charge in [0.25, 0.3) is 5.91 Å². The third kappa shape index (κ3) is 3.69. The fourth-order valence-electron chi connectivity index (χ4n) is 2.50. The van der Waals surface area contributed by atoms with Gasteiger partial charge in [-0.1, -0.05) is 25.7 Å². The van der Waals surface area contributed by atoms with Crippen LogP contribution >= 0.6 is 0 Å². The zero-order chi connectivity index (χ0) is 13.7. The van der Waals surface area contributed by atoms with Crippen molar-refractivity contribution >= 4 is 5.91 Å². The first-order valence-electron chi connectivity index (χ1n) is 6.85. The third-order valence-electron chi connectivity index (χ3n) is 3.60. The summed E-state index contributed by atoms with van der Waals surface area (Å²) < 4.78 is 18.4. The number of methoxy groups -OCH3 is 1. The molecule has 0 radical (unpaired) electrons. The van der Waals surface area contributed by atoms with Crippen molar-refractivity contribution in [1.29, 1.82) is 0 Å². The Morgan fingerprint density at radius 3 is 2.53 bits per heavy atom. The van der Waals surface area contributed by atoms with E-state index in [-0.39, 0.29) is 17.7 Å². The van der Waals surface area contributed by atoms with Gasteiger partial charge in [0, 0.05) is 11.6 Å². The highest BCUT2D eigenvalue weighted by Crippen LogP contribution is 2.20. The van der Waals surface area contributed by atoms with E-state index >= 15 is 0 Å². The number of hydrogen-bond donors (Lipinski definition) is 1. The highest BCUT2D eigenvalue weighted by Gasteiger charge is 2.16. The van der Waals surface area contributed by atoms with Crippen molar-refractivity contribution in [3.05, 3.63) is 29.6 Å². The molecule has 0 saturated heterocycles. The number of benzene rings is 1. The average molecular weight is 265 g/mol. The van der Waals surface area contributed by atoms with E-state index in [2.05, 4.69) is 5.32 Å². The van der Waals surface area contributed by atoms with Gasteiger partial charge in [-0.25, -0.2) is 4.39 Å². The average Bonchev–Trinajstić information content (AvgIpc) is 2.67. The van der Waals surface area contributed by atoms with Gasteiger partial charge in [-0.3, -0.25) is 4.79 Å². The van der Waals surface area contributed by atoms with Crippen LogP contribution in [0.1, 0.15) is 48.9 Å². The van der Waals surface area contributed by atoms with Crippen molar-refractivity contribution in [2.75, 3.05) is 7.11 Å². The predicted molar refractivity (Wildman–Crippen MR) is 71.9 cm³/mol. The summed E-state index contributed by atoms with van der Waals surface area (Å²) in [5.41, 5.74) is 0.350. The van der Waals surface area contributed by atoms with Crippen molar-refractivity contribution in [3.63, 3.8) is 0 Å². The molecule has 1 aliphatic carbocycles. The predicted octanol–water partition coefficient (Wildman–Crippen LogP) is 3.29. The number of nitrogens with one attached hydrogen (secondary N) is 1. The second kappa shape index (κ2) is 6.55. The molecule has 0 unspecified atom stereocenters. The molecule has 104 valence electrons. The lowest BCUT2D eigenvalue weighted by Gasteiger charge is -2.16. The minimum absolute atomic E-state index is 0.158. The number of ether oxygens (including phenoxy) is 1. The van der Waals surface area contributed by atoms with Crippen LogP contribution < -0.4 is 10.1 Å². The standard InChI is InChI=1S/C15H20FNO2/c1-19-14-9-8-11(10-13(14)16)15(18)17-12-6-4-2-3-5-7-12/h8-10,12H,2-7H2,1H3,(H,17,18). The smallest absolute Gasteiger partial charge is 0.251 e. The molecule has 0 heterocycles. The van der Waals surface area contributed by atoms with Gasteiger partial charge >= 0.3 is 0 Å². The van der Waals surface area contributed by atoms with Crippen LogP contribution in [0.25, 0.3) is 0 Å². The fourth-order valence-corrected chi connectivity index (χ4v) is 2.50. The molecule has 19 heavy (non-hydrogen) atoms. The molecule has 0 atom stereocenters. The van der Waals surface area contributed by atoms with Crippen LogP contribution in [-0.2, 0) is 0 Å². The largest absolute Gasteiger partial charge is 0.494 e. The van der Waals surface area contributed by atoms with Crippen LogP contribution in [0.3, 0.4) is 0 Å². The molecule has 4 heteroatoms. The van der Waals surface area contributed by atoms with E-state index in [1.165, 1.54) is 32.1 Å². The quantitative estimate of drug-likeness (QED) is 0.852. The third-order valence-corrected chi connectivity index (χ3v) is 3.60. The maximum Gasteiger partial charge on any atom is 0.251 e. The summed E-state index contributed by atoms with van der Waals surface area (Å²) in [5.74, 6) is -0.546. The Balaban J connectivity index is 2.00. The monoisotopic (exact) mass is 265 g/mol. The minimum atomic E-state index is -0.504. The maximum atomic E-state index is 13.5. The number of carbonyl (C=O) groups excluding carboxylic acids is 1. The van der Waals surface area contributed by atoms with Gasteiger partial charge in [0.05, 0.1) is 7.11 Å². The van der Waals surface area contributed by atoms with Crippen LogP contribution in [0.2, 0.25) is 0 Å². The van der Waals surface area contributed by atoms with E-state index in [1.54, 1.807) is 6.07 Å². The normalized spacial score (nSPS) is 16.7. The highest BCUT2D eigenvalue weighted by atomic mass is 19.1. The Hall–Kier alpha value is -1.58. The molecule has 0 spiro atoms. The van der Waals surface area contributed by atoms with E-state index in [1.807, 2.05) is 0 Å². The van der Waals surface area contributed by atoms with Gasteiger partial charge in [0.15, 0.2) is 11.6 Å². The van der Waals surface area contributed by atoms with Gasteiger partial charge in [0.2, 0.25) is 0 Å². The number of amides is 1. The first-order valence-corrected chi connectivity index (χ1v) is 6.85. The molecular formula is C15H20FNO2. The molecule has 1 aromatic carbocycles. The Kier molecular flexibility index (Phi) is 4.77. The first-order chi connectivity index (χ1) is 9.20. The summed E-state index contributed by atoms with van der Waals surface area (Å²) >= 11 is 0. The van der Waals surface area contributed by atoms with Crippen LogP contribution in [0.5, 0.6) is 5.75 Å². The molecule has 1 amide bonds. The van der Waals surface area contributed by atoms with Gasteiger partial charge in [0.1, 0.15) is 0 Å². The summed E-state index contributed by atoms with van der Waals surface area (Å²) in [6.45, 7) is 0. The molecule has 0 bridgehead atoms. The summed E-state index contributed by atoms with van der Waals surface area (Å²) in [6.07, 6.45) is 6.83. The van der Waals surface area contributed by atoms with Crippen LogP contribution in [-0.4, -0.2) is 19.1 Å².